The maximum atomic E-state index is 13.8. The molecule has 2 heterocycles. The van der Waals surface area contributed by atoms with Gasteiger partial charge in [0.1, 0.15) is 16.4 Å². The van der Waals surface area contributed by atoms with Crippen LogP contribution in [0.25, 0.3) is 0 Å². The van der Waals surface area contributed by atoms with Crippen molar-refractivity contribution in [2.45, 2.75) is 57.8 Å². The first-order valence-electron chi connectivity index (χ1n) is 7.92. The Labute approximate surface area is 149 Å². The molecule has 2 rings (SSSR count). The lowest BCUT2D eigenvalue weighted by Gasteiger charge is -2.27. The highest BCUT2D eigenvalue weighted by molar-refractivity contribution is 9.10. The Morgan fingerprint density at radius 1 is 1.46 bits per heavy atom. The van der Waals surface area contributed by atoms with Gasteiger partial charge < -0.3 is 4.74 Å². The molecule has 1 aliphatic heterocycles. The van der Waals surface area contributed by atoms with E-state index in [0.717, 1.165) is 5.56 Å². The van der Waals surface area contributed by atoms with Gasteiger partial charge in [0.15, 0.2) is 5.78 Å². The largest absolute Gasteiger partial charge is 0.444 e. The topological polar surface area (TPSA) is 59.5 Å². The van der Waals surface area contributed by atoms with Crippen LogP contribution < -0.4 is 0 Å². The fourth-order valence-electron chi connectivity index (χ4n) is 2.64. The van der Waals surface area contributed by atoms with Crippen LogP contribution in [0.2, 0.25) is 0 Å². The lowest BCUT2D eigenvalue weighted by molar-refractivity contribution is -0.123. The summed E-state index contributed by atoms with van der Waals surface area (Å²) in [6.07, 6.45) is 0.638. The number of halogens is 2. The number of ketones is 1. The molecule has 0 unspecified atom stereocenters. The van der Waals surface area contributed by atoms with Gasteiger partial charge in [-0.25, -0.2) is 14.2 Å². The zero-order valence-electron chi connectivity index (χ0n) is 14.1. The third kappa shape index (κ3) is 5.26. The van der Waals surface area contributed by atoms with E-state index in [1.807, 2.05) is 12.1 Å². The minimum atomic E-state index is -1.19. The number of nitrogens with zero attached hydrogens (tertiary/aromatic N) is 2. The molecule has 1 saturated heterocycles. The van der Waals surface area contributed by atoms with Crippen LogP contribution in [0.15, 0.2) is 22.9 Å². The number of aryl methyl sites for hydroxylation is 1. The van der Waals surface area contributed by atoms with Crippen LogP contribution in [0, 0.1) is 0 Å². The van der Waals surface area contributed by atoms with Gasteiger partial charge in [-0.2, -0.15) is 0 Å². The number of amides is 1. The number of hydrogen-bond donors (Lipinski definition) is 0. The van der Waals surface area contributed by atoms with Crippen LogP contribution in [-0.4, -0.2) is 46.1 Å². The Hall–Kier alpha value is -1.50. The Kier molecular flexibility index (Phi) is 5.96. The maximum Gasteiger partial charge on any atom is 0.411 e. The molecule has 0 aliphatic carbocycles. The third-order valence-corrected chi connectivity index (χ3v) is 4.13. The molecule has 5 nitrogen and oxygen atoms in total. The fourth-order valence-corrected chi connectivity index (χ4v) is 3.06. The van der Waals surface area contributed by atoms with Crippen molar-refractivity contribution in [3.8, 4) is 0 Å². The molecule has 1 aromatic heterocycles. The van der Waals surface area contributed by atoms with E-state index in [-0.39, 0.29) is 25.2 Å². The number of pyridine rings is 1. The molecule has 1 aromatic rings. The van der Waals surface area contributed by atoms with E-state index < -0.39 is 23.9 Å². The van der Waals surface area contributed by atoms with Crippen molar-refractivity contribution in [2.75, 3.05) is 6.54 Å². The summed E-state index contributed by atoms with van der Waals surface area (Å²) < 4.78 is 19.8. The first-order valence-corrected chi connectivity index (χ1v) is 8.72. The number of likely N-dealkylation sites (tertiary alicyclic amines) is 1. The van der Waals surface area contributed by atoms with Gasteiger partial charge in [0.05, 0.1) is 12.6 Å². The smallest absolute Gasteiger partial charge is 0.411 e. The quantitative estimate of drug-likeness (QED) is 0.722. The van der Waals surface area contributed by atoms with E-state index in [0.29, 0.717) is 11.0 Å². The van der Waals surface area contributed by atoms with E-state index in [1.165, 1.54) is 4.90 Å². The maximum absolute atomic E-state index is 13.8. The predicted octanol–water partition coefficient (Wildman–Crippen LogP) is 3.69. The second kappa shape index (κ2) is 7.59. The van der Waals surface area contributed by atoms with Crippen LogP contribution in [0.5, 0.6) is 0 Å². The van der Waals surface area contributed by atoms with Crippen molar-refractivity contribution in [2.24, 2.45) is 0 Å². The summed E-state index contributed by atoms with van der Waals surface area (Å²) in [5.41, 5.74) is 0.284. The number of rotatable bonds is 4. The van der Waals surface area contributed by atoms with Crippen LogP contribution >= 0.6 is 15.9 Å². The monoisotopic (exact) mass is 400 g/mol. The van der Waals surface area contributed by atoms with E-state index in [4.69, 9.17) is 4.74 Å². The van der Waals surface area contributed by atoms with Crippen LogP contribution in [0.4, 0.5) is 9.18 Å². The van der Waals surface area contributed by atoms with Gasteiger partial charge in [-0.05, 0) is 60.8 Å². The van der Waals surface area contributed by atoms with E-state index in [9.17, 15) is 14.0 Å². The fraction of sp³-hybridized carbons (Fsp3) is 0.588. The molecule has 0 bridgehead atoms. The predicted molar refractivity (Wildman–Crippen MR) is 91.5 cm³/mol. The highest BCUT2D eigenvalue weighted by atomic mass is 79.9. The van der Waals surface area contributed by atoms with Gasteiger partial charge in [0, 0.05) is 19.0 Å². The van der Waals surface area contributed by atoms with Crippen molar-refractivity contribution >= 4 is 27.8 Å². The molecule has 0 aromatic carbocycles. The minimum Gasteiger partial charge on any atom is -0.444 e. The van der Waals surface area contributed by atoms with Crippen molar-refractivity contribution < 1.29 is 18.7 Å². The molecule has 1 aliphatic rings. The van der Waals surface area contributed by atoms with Crippen LogP contribution in [0.3, 0.4) is 0 Å². The van der Waals surface area contributed by atoms with E-state index >= 15 is 0 Å². The summed E-state index contributed by atoms with van der Waals surface area (Å²) in [6.45, 7) is 5.14. The van der Waals surface area contributed by atoms with Gasteiger partial charge >= 0.3 is 6.09 Å². The van der Waals surface area contributed by atoms with Gasteiger partial charge in [-0.1, -0.05) is 0 Å². The second-order valence-corrected chi connectivity index (χ2v) is 7.75. The molecule has 0 spiro atoms. The Morgan fingerprint density at radius 3 is 2.79 bits per heavy atom. The molecule has 0 radical (unpaired) electrons. The molecular formula is C17H22BrFN2O3. The molecule has 1 fully saturated rings. The normalized spacial score (nSPS) is 21.0. The summed E-state index contributed by atoms with van der Waals surface area (Å²) in [6, 6.07) is 2.92. The van der Waals surface area contributed by atoms with Crippen molar-refractivity contribution in [1.82, 2.24) is 9.88 Å². The van der Waals surface area contributed by atoms with Gasteiger partial charge in [0.2, 0.25) is 0 Å². The summed E-state index contributed by atoms with van der Waals surface area (Å²) in [5, 5.41) is 0. The summed E-state index contributed by atoms with van der Waals surface area (Å²) >= 11 is 3.28. The van der Waals surface area contributed by atoms with Crippen molar-refractivity contribution in [1.29, 1.82) is 0 Å². The molecule has 2 atom stereocenters. The first kappa shape index (κ1) is 18.8. The number of Topliss-reactive ketones (excluding diaryl/α,β-unsaturated/α-hetero) is 1. The number of carbonyl (C=O) groups excluding carboxylic acids is 2. The highest BCUT2D eigenvalue weighted by Gasteiger charge is 2.41. The SMILES string of the molecule is CC(C)(C)OC(=O)N1C[C@H](F)C[C@H]1C(=O)CCc1ccnc(Br)c1. The highest BCUT2D eigenvalue weighted by Crippen LogP contribution is 2.25. The second-order valence-electron chi connectivity index (χ2n) is 6.93. The number of alkyl halides is 1. The zero-order chi connectivity index (χ0) is 17.9. The average molecular weight is 401 g/mol. The Balaban J connectivity index is 1.99. The van der Waals surface area contributed by atoms with E-state index in [1.54, 1.807) is 27.0 Å². The van der Waals surface area contributed by atoms with Crippen molar-refractivity contribution in [3.05, 3.63) is 28.5 Å². The lowest BCUT2D eigenvalue weighted by atomic mass is 10.0. The van der Waals surface area contributed by atoms with Gasteiger partial charge in [0.25, 0.3) is 0 Å². The molecule has 7 heteroatoms. The molecule has 0 N–H and O–H groups in total. The molecule has 132 valence electrons. The standard InChI is InChI=1S/C17H22BrFN2O3/c1-17(2,3)24-16(23)21-10-12(19)9-13(21)14(22)5-4-11-6-7-20-15(18)8-11/h6-8,12-13H,4-5,9-10H2,1-3H3/t12-,13+/m1/s1. The molecule has 0 saturated carbocycles. The third-order valence-electron chi connectivity index (χ3n) is 3.70. The Morgan fingerprint density at radius 2 is 2.17 bits per heavy atom. The van der Waals surface area contributed by atoms with Gasteiger partial charge in [-0.3, -0.25) is 9.69 Å². The molecule has 1 amide bonds. The molecule has 24 heavy (non-hydrogen) atoms. The number of ether oxygens (including phenoxy) is 1. The first-order chi connectivity index (χ1) is 11.2. The number of aromatic nitrogens is 1. The summed E-state index contributed by atoms with van der Waals surface area (Å²) in [4.78, 5) is 30.0. The minimum absolute atomic E-state index is 0.0398. The molecular weight excluding hydrogens is 379 g/mol. The van der Waals surface area contributed by atoms with Crippen LogP contribution in [-0.2, 0) is 16.0 Å². The number of hydrogen-bond acceptors (Lipinski definition) is 4. The van der Waals surface area contributed by atoms with Crippen molar-refractivity contribution in [3.63, 3.8) is 0 Å². The summed E-state index contributed by atoms with van der Waals surface area (Å²) in [7, 11) is 0. The Bertz CT molecular complexity index is 618. The zero-order valence-corrected chi connectivity index (χ0v) is 15.7. The van der Waals surface area contributed by atoms with Crippen LogP contribution in [0.1, 0.15) is 39.2 Å². The van der Waals surface area contributed by atoms with Gasteiger partial charge in [-0.15, -0.1) is 0 Å². The summed E-state index contributed by atoms with van der Waals surface area (Å²) in [5.74, 6) is -0.144. The van der Waals surface area contributed by atoms with E-state index in [2.05, 4.69) is 20.9 Å². The number of carbonyl (C=O) groups is 2. The lowest BCUT2D eigenvalue weighted by Crippen LogP contribution is -2.43. The average Bonchev–Trinajstić information content (AvgIpc) is 2.85.